The van der Waals surface area contributed by atoms with Crippen molar-refractivity contribution in [1.29, 1.82) is 0 Å². The Kier molecular flexibility index (Phi) is 4.40. The van der Waals surface area contributed by atoms with Gasteiger partial charge in [-0.2, -0.15) is 0 Å². The normalized spacial score (nSPS) is 14.8. The van der Waals surface area contributed by atoms with Crippen LogP contribution < -0.4 is 10.1 Å². The average Bonchev–Trinajstić information content (AvgIpc) is 3.21. The van der Waals surface area contributed by atoms with E-state index in [0.717, 1.165) is 11.6 Å². The van der Waals surface area contributed by atoms with E-state index in [1.54, 1.807) is 0 Å². The number of hydrogen-bond acceptors (Lipinski definition) is 5. The first-order chi connectivity index (χ1) is 9.90. The molecule has 1 aliphatic carbocycles. The van der Waals surface area contributed by atoms with Crippen molar-refractivity contribution in [2.45, 2.75) is 25.4 Å². The lowest BCUT2D eigenvalue weighted by Gasteiger charge is -1.97. The molecule has 3 rings (SSSR count). The molecule has 1 N–H and O–H groups in total. The van der Waals surface area contributed by atoms with E-state index in [0.29, 0.717) is 17.8 Å². The summed E-state index contributed by atoms with van der Waals surface area (Å²) in [6.07, 6.45) is 6.59. The zero-order valence-corrected chi connectivity index (χ0v) is 12.0. The fraction of sp³-hybridized carbons (Fsp3) is 0.333. The minimum Gasteiger partial charge on any atom is -0.465 e. The standard InChI is InChI=1S/C15H17N3OS/c1-2-5-12(6-3-1)7-4-10-19-15-18-17-14(20-15)11-16-13-8-9-13/h1-7,13,16H,8-11H2/b7-4+. The molecule has 4 nitrogen and oxygen atoms in total. The summed E-state index contributed by atoms with van der Waals surface area (Å²) < 4.78 is 5.56. The molecular formula is C15H17N3OS. The minimum atomic E-state index is 0.513. The van der Waals surface area contributed by atoms with Gasteiger partial charge in [0.15, 0.2) is 0 Å². The first-order valence-corrected chi connectivity index (χ1v) is 7.62. The Labute approximate surface area is 122 Å². The number of nitrogens with one attached hydrogen (secondary N) is 1. The van der Waals surface area contributed by atoms with Crippen molar-refractivity contribution in [3.05, 3.63) is 47.0 Å². The molecule has 1 saturated carbocycles. The predicted molar refractivity (Wildman–Crippen MR) is 80.7 cm³/mol. The van der Waals surface area contributed by atoms with Crippen LogP contribution in [0.25, 0.3) is 6.08 Å². The maximum Gasteiger partial charge on any atom is 0.294 e. The molecule has 2 aromatic rings. The summed E-state index contributed by atoms with van der Waals surface area (Å²) in [7, 11) is 0. The van der Waals surface area contributed by atoms with E-state index in [4.69, 9.17) is 4.74 Å². The van der Waals surface area contributed by atoms with E-state index in [9.17, 15) is 0 Å². The van der Waals surface area contributed by atoms with E-state index in [1.807, 2.05) is 30.4 Å². The second-order valence-corrected chi connectivity index (χ2v) is 5.77. The lowest BCUT2D eigenvalue weighted by Crippen LogP contribution is -2.14. The molecule has 1 heterocycles. The van der Waals surface area contributed by atoms with Gasteiger partial charge >= 0.3 is 0 Å². The van der Waals surface area contributed by atoms with E-state index in [1.165, 1.54) is 29.7 Å². The molecule has 0 saturated heterocycles. The van der Waals surface area contributed by atoms with Crippen molar-refractivity contribution in [1.82, 2.24) is 15.5 Å². The summed E-state index contributed by atoms with van der Waals surface area (Å²) in [5, 5.41) is 13.2. The first-order valence-electron chi connectivity index (χ1n) is 6.80. The summed E-state index contributed by atoms with van der Waals surface area (Å²) >= 11 is 1.51. The molecule has 5 heteroatoms. The molecule has 1 aromatic heterocycles. The number of hydrogen-bond donors (Lipinski definition) is 1. The van der Waals surface area contributed by atoms with Crippen LogP contribution >= 0.6 is 11.3 Å². The van der Waals surface area contributed by atoms with E-state index in [2.05, 4.69) is 27.6 Å². The quantitative estimate of drug-likeness (QED) is 0.850. The van der Waals surface area contributed by atoms with Gasteiger partial charge in [-0.1, -0.05) is 52.8 Å². The van der Waals surface area contributed by atoms with Crippen LogP contribution in [-0.2, 0) is 6.54 Å². The van der Waals surface area contributed by atoms with E-state index >= 15 is 0 Å². The lowest BCUT2D eigenvalue weighted by atomic mass is 10.2. The van der Waals surface area contributed by atoms with Crippen LogP contribution in [0.4, 0.5) is 0 Å². The topological polar surface area (TPSA) is 47.0 Å². The van der Waals surface area contributed by atoms with Gasteiger partial charge in [-0.25, -0.2) is 0 Å². The van der Waals surface area contributed by atoms with Crippen molar-refractivity contribution in [2.24, 2.45) is 0 Å². The maximum absolute atomic E-state index is 5.56. The summed E-state index contributed by atoms with van der Waals surface area (Å²) in [6, 6.07) is 10.9. The summed E-state index contributed by atoms with van der Waals surface area (Å²) in [5.41, 5.74) is 1.17. The van der Waals surface area contributed by atoms with Crippen LogP contribution in [0.5, 0.6) is 5.19 Å². The number of ether oxygens (including phenoxy) is 1. The second kappa shape index (κ2) is 6.63. The highest BCUT2D eigenvalue weighted by atomic mass is 32.1. The van der Waals surface area contributed by atoms with Gasteiger partial charge in [0.05, 0.1) is 6.54 Å². The lowest BCUT2D eigenvalue weighted by molar-refractivity contribution is 0.358. The number of aromatic nitrogens is 2. The van der Waals surface area contributed by atoms with Crippen molar-refractivity contribution < 1.29 is 4.74 Å². The molecule has 0 radical (unpaired) electrons. The molecule has 1 aromatic carbocycles. The van der Waals surface area contributed by atoms with Crippen molar-refractivity contribution in [3.63, 3.8) is 0 Å². The monoisotopic (exact) mass is 287 g/mol. The highest BCUT2D eigenvalue weighted by molar-refractivity contribution is 7.13. The van der Waals surface area contributed by atoms with Gasteiger partial charge in [-0.05, 0) is 24.5 Å². The zero-order valence-electron chi connectivity index (χ0n) is 11.2. The molecule has 0 atom stereocenters. The Morgan fingerprint density at radius 3 is 2.90 bits per heavy atom. The Balaban J connectivity index is 1.42. The largest absolute Gasteiger partial charge is 0.465 e. The zero-order chi connectivity index (χ0) is 13.6. The number of nitrogens with zero attached hydrogens (tertiary/aromatic N) is 2. The third kappa shape index (κ3) is 4.15. The van der Waals surface area contributed by atoms with Crippen LogP contribution in [0.2, 0.25) is 0 Å². The van der Waals surface area contributed by atoms with Crippen molar-refractivity contribution in [2.75, 3.05) is 6.61 Å². The van der Waals surface area contributed by atoms with Gasteiger partial charge in [0.25, 0.3) is 5.19 Å². The first kappa shape index (κ1) is 13.3. The Hall–Kier alpha value is -1.72. The van der Waals surface area contributed by atoms with Gasteiger partial charge < -0.3 is 10.1 Å². The van der Waals surface area contributed by atoms with Gasteiger partial charge in [-0.15, -0.1) is 5.10 Å². The maximum atomic E-state index is 5.56. The number of rotatable bonds is 7. The van der Waals surface area contributed by atoms with Crippen LogP contribution in [0.3, 0.4) is 0 Å². The number of benzene rings is 1. The molecule has 0 spiro atoms. The Morgan fingerprint density at radius 2 is 2.10 bits per heavy atom. The molecule has 1 aliphatic rings. The smallest absolute Gasteiger partial charge is 0.294 e. The van der Waals surface area contributed by atoms with Gasteiger partial charge in [-0.3, -0.25) is 0 Å². The molecule has 0 amide bonds. The highest BCUT2D eigenvalue weighted by Crippen LogP contribution is 2.21. The van der Waals surface area contributed by atoms with E-state index < -0.39 is 0 Å². The predicted octanol–water partition coefficient (Wildman–Crippen LogP) is 2.88. The molecular weight excluding hydrogens is 270 g/mol. The molecule has 0 bridgehead atoms. The molecule has 0 aliphatic heterocycles. The van der Waals surface area contributed by atoms with Gasteiger partial charge in [0.1, 0.15) is 11.6 Å². The molecule has 1 fully saturated rings. The van der Waals surface area contributed by atoms with Crippen LogP contribution in [0, 0.1) is 0 Å². The fourth-order valence-electron chi connectivity index (χ4n) is 1.75. The molecule has 0 unspecified atom stereocenters. The van der Waals surface area contributed by atoms with Gasteiger partial charge in [0, 0.05) is 6.04 Å². The SMILES string of the molecule is C(=C\c1ccccc1)/COc1nnc(CNC2CC2)s1. The second-order valence-electron chi connectivity index (χ2n) is 4.74. The highest BCUT2D eigenvalue weighted by Gasteiger charge is 2.20. The summed E-state index contributed by atoms with van der Waals surface area (Å²) in [6.45, 7) is 1.31. The van der Waals surface area contributed by atoms with Crippen LogP contribution in [0.15, 0.2) is 36.4 Å². The van der Waals surface area contributed by atoms with Crippen LogP contribution in [0.1, 0.15) is 23.4 Å². The fourth-order valence-corrected chi connectivity index (χ4v) is 2.40. The molecule has 104 valence electrons. The minimum absolute atomic E-state index is 0.513. The van der Waals surface area contributed by atoms with Crippen molar-refractivity contribution >= 4 is 17.4 Å². The summed E-state index contributed by atoms with van der Waals surface area (Å²) in [5.74, 6) is 0. The van der Waals surface area contributed by atoms with E-state index in [-0.39, 0.29) is 0 Å². The Morgan fingerprint density at radius 1 is 1.25 bits per heavy atom. The average molecular weight is 287 g/mol. The van der Waals surface area contributed by atoms with Crippen molar-refractivity contribution in [3.8, 4) is 5.19 Å². The molecule has 20 heavy (non-hydrogen) atoms. The van der Waals surface area contributed by atoms with Crippen LogP contribution in [-0.4, -0.2) is 22.8 Å². The third-order valence-corrected chi connectivity index (χ3v) is 3.82. The summed E-state index contributed by atoms with van der Waals surface area (Å²) in [4.78, 5) is 0. The van der Waals surface area contributed by atoms with Gasteiger partial charge in [0.2, 0.25) is 0 Å². The Bertz CT molecular complexity index is 564. The third-order valence-electron chi connectivity index (χ3n) is 2.98.